The quantitative estimate of drug-likeness (QED) is 0.869. The highest BCUT2D eigenvalue weighted by Crippen LogP contribution is 2.17. The summed E-state index contributed by atoms with van der Waals surface area (Å²) in [7, 11) is -3.56. The maximum absolute atomic E-state index is 12.1. The number of sulfonamides is 1. The molecule has 0 spiro atoms. The first-order valence-corrected chi connectivity index (χ1v) is 6.91. The van der Waals surface area contributed by atoms with Crippen LogP contribution in [0, 0.1) is 6.92 Å². The van der Waals surface area contributed by atoms with Crippen LogP contribution in [0.3, 0.4) is 0 Å². The van der Waals surface area contributed by atoms with Crippen molar-refractivity contribution in [2.75, 3.05) is 0 Å². The molecule has 18 heavy (non-hydrogen) atoms. The van der Waals surface area contributed by atoms with Crippen LogP contribution in [0.1, 0.15) is 24.2 Å². The fraction of sp³-hybridized carbons (Fsp3) is 0.273. The molecule has 0 fully saturated rings. The van der Waals surface area contributed by atoms with E-state index in [0.29, 0.717) is 5.69 Å². The summed E-state index contributed by atoms with van der Waals surface area (Å²) in [5, 5.41) is 6.32. The Balaban J connectivity index is 2.22. The molecule has 2 rings (SSSR count). The van der Waals surface area contributed by atoms with Gasteiger partial charge in [-0.15, -0.1) is 0 Å². The Morgan fingerprint density at radius 1 is 1.33 bits per heavy atom. The average Bonchev–Trinajstić information content (AvgIpc) is 2.77. The average molecular weight is 266 g/mol. The van der Waals surface area contributed by atoms with Gasteiger partial charge in [-0.2, -0.15) is 5.10 Å². The van der Waals surface area contributed by atoms with Crippen LogP contribution in [0.4, 0.5) is 0 Å². The molecule has 2 aromatic rings. The van der Waals surface area contributed by atoms with Gasteiger partial charge in [-0.1, -0.05) is 0 Å². The van der Waals surface area contributed by atoms with Gasteiger partial charge in [0.1, 0.15) is 4.90 Å². The zero-order valence-electron chi connectivity index (χ0n) is 10.1. The van der Waals surface area contributed by atoms with Crippen LogP contribution in [0.5, 0.6) is 0 Å². The van der Waals surface area contributed by atoms with Gasteiger partial charge in [-0.25, -0.2) is 13.1 Å². The summed E-state index contributed by atoms with van der Waals surface area (Å²) in [5.41, 5.74) is 1.37. The molecule has 0 radical (unpaired) electrons. The van der Waals surface area contributed by atoms with Crippen molar-refractivity contribution < 1.29 is 8.42 Å². The highest BCUT2D eigenvalue weighted by molar-refractivity contribution is 7.89. The third kappa shape index (κ3) is 2.57. The molecule has 0 amide bonds. The first-order chi connectivity index (χ1) is 8.50. The topological polar surface area (TPSA) is 87.7 Å². The Kier molecular flexibility index (Phi) is 3.44. The number of hydrogen-bond acceptors (Lipinski definition) is 4. The van der Waals surface area contributed by atoms with Gasteiger partial charge in [0.2, 0.25) is 10.0 Å². The zero-order chi connectivity index (χ0) is 13.2. The van der Waals surface area contributed by atoms with E-state index in [1.54, 1.807) is 38.4 Å². The first kappa shape index (κ1) is 12.7. The largest absolute Gasteiger partial charge is 0.281 e. The van der Waals surface area contributed by atoms with Crippen molar-refractivity contribution in [3.8, 4) is 0 Å². The highest BCUT2D eigenvalue weighted by Gasteiger charge is 2.21. The van der Waals surface area contributed by atoms with E-state index in [9.17, 15) is 8.42 Å². The van der Waals surface area contributed by atoms with E-state index in [4.69, 9.17) is 0 Å². The summed E-state index contributed by atoms with van der Waals surface area (Å²) in [5.74, 6) is 0. The van der Waals surface area contributed by atoms with E-state index in [-0.39, 0.29) is 10.9 Å². The van der Waals surface area contributed by atoms with E-state index >= 15 is 0 Å². The summed E-state index contributed by atoms with van der Waals surface area (Å²) in [6.07, 6.45) is 4.56. The number of hydrogen-bond donors (Lipinski definition) is 2. The second kappa shape index (κ2) is 4.87. The summed E-state index contributed by atoms with van der Waals surface area (Å²) < 4.78 is 26.8. The zero-order valence-corrected chi connectivity index (χ0v) is 10.9. The van der Waals surface area contributed by atoms with E-state index in [2.05, 4.69) is 19.9 Å². The Bertz CT molecular complexity index is 622. The number of aromatic nitrogens is 3. The molecule has 1 unspecified atom stereocenters. The first-order valence-electron chi connectivity index (χ1n) is 5.43. The molecule has 2 aromatic heterocycles. The molecule has 2 heterocycles. The maximum atomic E-state index is 12.1. The van der Waals surface area contributed by atoms with Gasteiger partial charge in [0.25, 0.3) is 0 Å². The molecule has 0 aliphatic carbocycles. The van der Waals surface area contributed by atoms with Crippen molar-refractivity contribution in [3.05, 3.63) is 42.0 Å². The van der Waals surface area contributed by atoms with Crippen LogP contribution in [-0.2, 0) is 10.0 Å². The van der Waals surface area contributed by atoms with E-state index < -0.39 is 10.0 Å². The van der Waals surface area contributed by atoms with E-state index in [1.165, 1.54) is 6.20 Å². The molecule has 1 atom stereocenters. The molecule has 6 nitrogen and oxygen atoms in total. The molecule has 0 bridgehead atoms. The predicted molar refractivity (Wildman–Crippen MR) is 66.3 cm³/mol. The second-order valence-electron chi connectivity index (χ2n) is 3.98. The van der Waals surface area contributed by atoms with Crippen molar-refractivity contribution in [2.45, 2.75) is 24.8 Å². The molecular formula is C11H14N4O2S. The highest BCUT2D eigenvalue weighted by atomic mass is 32.2. The van der Waals surface area contributed by atoms with Crippen LogP contribution in [0.25, 0.3) is 0 Å². The third-order valence-electron chi connectivity index (χ3n) is 2.61. The minimum atomic E-state index is -3.56. The fourth-order valence-electron chi connectivity index (χ4n) is 1.63. The van der Waals surface area contributed by atoms with Gasteiger partial charge in [0.05, 0.1) is 11.9 Å². The summed E-state index contributed by atoms with van der Waals surface area (Å²) >= 11 is 0. The summed E-state index contributed by atoms with van der Waals surface area (Å²) in [4.78, 5) is 4.07. The van der Waals surface area contributed by atoms with Crippen molar-refractivity contribution in [3.63, 3.8) is 0 Å². The van der Waals surface area contributed by atoms with Gasteiger partial charge < -0.3 is 0 Å². The van der Waals surface area contributed by atoms with Crippen LogP contribution in [-0.4, -0.2) is 23.6 Å². The monoisotopic (exact) mass is 266 g/mol. The smallest absolute Gasteiger partial charge is 0.244 e. The van der Waals surface area contributed by atoms with Gasteiger partial charge >= 0.3 is 0 Å². The lowest BCUT2D eigenvalue weighted by Gasteiger charge is -2.13. The minimum absolute atomic E-state index is 0.170. The molecule has 0 aromatic carbocycles. The van der Waals surface area contributed by atoms with Crippen LogP contribution < -0.4 is 4.72 Å². The molecule has 96 valence electrons. The van der Waals surface area contributed by atoms with Gasteiger partial charge in [-0.05, 0) is 31.5 Å². The molecule has 2 N–H and O–H groups in total. The maximum Gasteiger partial charge on any atom is 0.244 e. The van der Waals surface area contributed by atoms with Crippen molar-refractivity contribution >= 4 is 10.0 Å². The fourth-order valence-corrected chi connectivity index (χ4v) is 3.00. The van der Waals surface area contributed by atoms with Gasteiger partial charge in [0.15, 0.2) is 0 Å². The number of aromatic amines is 1. The lowest BCUT2D eigenvalue weighted by Crippen LogP contribution is -2.27. The third-order valence-corrected chi connectivity index (χ3v) is 4.27. The van der Waals surface area contributed by atoms with Crippen LogP contribution in [0.2, 0.25) is 0 Å². The standard InChI is InChI=1S/C11H14N4O2S/c1-8(10-3-5-12-6-4-10)15-18(16,17)11-7-13-14-9(11)2/h3-8,15H,1-2H3,(H,13,14). The predicted octanol–water partition coefficient (Wildman–Crippen LogP) is 1.15. The molecule has 0 aliphatic heterocycles. The normalized spacial score (nSPS) is 13.4. The van der Waals surface area contributed by atoms with Crippen molar-refractivity contribution in [1.29, 1.82) is 0 Å². The molecular weight excluding hydrogens is 252 g/mol. The number of rotatable bonds is 4. The molecule has 0 saturated heterocycles. The number of nitrogens with one attached hydrogen (secondary N) is 2. The lowest BCUT2D eigenvalue weighted by molar-refractivity contribution is 0.566. The SMILES string of the molecule is Cc1[nH]ncc1S(=O)(=O)NC(C)c1ccncc1. The molecule has 0 aliphatic rings. The molecule has 7 heteroatoms. The Morgan fingerprint density at radius 2 is 2.00 bits per heavy atom. The molecule has 0 saturated carbocycles. The van der Waals surface area contributed by atoms with E-state index in [0.717, 1.165) is 5.56 Å². The van der Waals surface area contributed by atoms with Crippen LogP contribution >= 0.6 is 0 Å². The number of nitrogens with zero attached hydrogens (tertiary/aromatic N) is 2. The Hall–Kier alpha value is -1.73. The number of H-pyrrole nitrogens is 1. The van der Waals surface area contributed by atoms with Gasteiger partial charge in [-0.3, -0.25) is 10.1 Å². The Labute approximate surface area is 106 Å². The lowest BCUT2D eigenvalue weighted by atomic mass is 10.1. The Morgan fingerprint density at radius 3 is 2.56 bits per heavy atom. The summed E-state index contributed by atoms with van der Waals surface area (Å²) in [6, 6.07) is 3.22. The number of aryl methyl sites for hydroxylation is 1. The van der Waals surface area contributed by atoms with E-state index in [1.807, 2.05) is 0 Å². The second-order valence-corrected chi connectivity index (χ2v) is 5.67. The van der Waals surface area contributed by atoms with Crippen molar-refractivity contribution in [1.82, 2.24) is 19.9 Å². The summed E-state index contributed by atoms with van der Waals surface area (Å²) in [6.45, 7) is 3.45. The van der Waals surface area contributed by atoms with Gasteiger partial charge in [0, 0.05) is 18.4 Å². The minimum Gasteiger partial charge on any atom is -0.281 e. The van der Waals surface area contributed by atoms with Crippen molar-refractivity contribution in [2.24, 2.45) is 0 Å². The number of pyridine rings is 1. The van der Waals surface area contributed by atoms with Crippen LogP contribution in [0.15, 0.2) is 35.6 Å².